The number of hydrogen-bond acceptors (Lipinski definition) is 6. The fourth-order valence-electron chi connectivity index (χ4n) is 4.34. The van der Waals surface area contributed by atoms with E-state index in [4.69, 9.17) is 19.7 Å². The van der Waals surface area contributed by atoms with Gasteiger partial charge in [-0.25, -0.2) is 15.3 Å². The normalized spacial score (nSPS) is 15.6. The van der Waals surface area contributed by atoms with Crippen LogP contribution >= 0.6 is 0 Å². The van der Waals surface area contributed by atoms with Crippen LogP contribution in [-0.2, 0) is 16.0 Å². The summed E-state index contributed by atoms with van der Waals surface area (Å²) in [6.45, 7) is 0.835. The molecule has 36 heavy (non-hydrogen) atoms. The Labute approximate surface area is 210 Å². The van der Waals surface area contributed by atoms with Crippen LogP contribution in [0.15, 0.2) is 72.9 Å². The number of aliphatic hydroxyl groups is 1. The van der Waals surface area contributed by atoms with Crippen LogP contribution in [0.25, 0.3) is 33.4 Å². The first kappa shape index (κ1) is 24.1. The lowest BCUT2D eigenvalue weighted by molar-refractivity contribution is -0.186. The number of amides is 1. The SMILES string of the molecule is O=C(NOC1CCCCO1)c1cc(-c2ccc(-c3ccc(CCCO)cc3)cc2)nc2cccnc12. The van der Waals surface area contributed by atoms with Crippen molar-refractivity contribution in [1.29, 1.82) is 0 Å². The van der Waals surface area contributed by atoms with Crippen molar-refractivity contribution in [2.45, 2.75) is 38.4 Å². The molecule has 1 fully saturated rings. The molecule has 0 aliphatic carbocycles. The van der Waals surface area contributed by atoms with Crippen LogP contribution in [0.5, 0.6) is 0 Å². The van der Waals surface area contributed by atoms with E-state index in [0.717, 1.165) is 48.8 Å². The van der Waals surface area contributed by atoms with Crippen LogP contribution in [0, 0.1) is 0 Å². The summed E-state index contributed by atoms with van der Waals surface area (Å²) in [5.41, 5.74) is 9.09. The van der Waals surface area contributed by atoms with E-state index in [1.165, 1.54) is 5.56 Å². The number of carbonyl (C=O) groups is 1. The van der Waals surface area contributed by atoms with Gasteiger partial charge in [0.1, 0.15) is 5.52 Å². The van der Waals surface area contributed by atoms with Gasteiger partial charge in [0.25, 0.3) is 5.91 Å². The minimum Gasteiger partial charge on any atom is -0.396 e. The van der Waals surface area contributed by atoms with Gasteiger partial charge in [-0.3, -0.25) is 9.78 Å². The number of hydrogen-bond donors (Lipinski definition) is 2. The molecule has 1 unspecified atom stereocenters. The van der Waals surface area contributed by atoms with Crippen molar-refractivity contribution in [1.82, 2.24) is 15.4 Å². The Hall–Kier alpha value is -3.65. The Morgan fingerprint density at radius 3 is 2.50 bits per heavy atom. The molecule has 1 amide bonds. The van der Waals surface area contributed by atoms with Gasteiger partial charge in [-0.1, -0.05) is 48.5 Å². The average molecular weight is 484 g/mol. The van der Waals surface area contributed by atoms with E-state index in [2.05, 4.69) is 46.9 Å². The molecular formula is C29H29N3O4. The molecule has 0 bridgehead atoms. The Morgan fingerprint density at radius 1 is 1.03 bits per heavy atom. The molecule has 3 heterocycles. The van der Waals surface area contributed by atoms with Crippen molar-refractivity contribution in [2.24, 2.45) is 0 Å². The summed E-state index contributed by atoms with van der Waals surface area (Å²) in [6, 6.07) is 21.9. The highest BCUT2D eigenvalue weighted by Gasteiger charge is 2.19. The summed E-state index contributed by atoms with van der Waals surface area (Å²) in [6.07, 6.45) is 5.61. The largest absolute Gasteiger partial charge is 0.396 e. The number of nitrogens with zero attached hydrogens (tertiary/aromatic N) is 2. The summed E-state index contributed by atoms with van der Waals surface area (Å²) in [7, 11) is 0. The summed E-state index contributed by atoms with van der Waals surface area (Å²) in [5.74, 6) is -0.380. The molecule has 7 nitrogen and oxygen atoms in total. The number of ether oxygens (including phenoxy) is 1. The van der Waals surface area contributed by atoms with Gasteiger partial charge in [-0.05, 0) is 60.6 Å². The third-order valence-corrected chi connectivity index (χ3v) is 6.32. The second-order valence-corrected chi connectivity index (χ2v) is 8.87. The minimum absolute atomic E-state index is 0.202. The third-order valence-electron chi connectivity index (χ3n) is 6.32. The number of pyridine rings is 2. The minimum atomic E-state index is -0.431. The van der Waals surface area contributed by atoms with Gasteiger partial charge in [0.05, 0.1) is 16.8 Å². The van der Waals surface area contributed by atoms with Crippen molar-refractivity contribution >= 4 is 16.9 Å². The number of aromatic nitrogens is 2. The molecule has 1 atom stereocenters. The monoisotopic (exact) mass is 483 g/mol. The summed E-state index contributed by atoms with van der Waals surface area (Å²) in [5, 5.41) is 9.02. The second kappa shape index (κ2) is 11.4. The molecule has 2 N–H and O–H groups in total. The predicted octanol–water partition coefficient (Wildman–Crippen LogP) is 5.08. The summed E-state index contributed by atoms with van der Waals surface area (Å²) in [4.78, 5) is 27.7. The first-order valence-corrected chi connectivity index (χ1v) is 12.4. The molecule has 7 heteroatoms. The van der Waals surface area contributed by atoms with Crippen LogP contribution in [-0.4, -0.2) is 40.5 Å². The average Bonchev–Trinajstić information content (AvgIpc) is 2.95. The van der Waals surface area contributed by atoms with Crippen LogP contribution in [0.3, 0.4) is 0 Å². The molecule has 2 aromatic heterocycles. The smallest absolute Gasteiger partial charge is 0.277 e. The van der Waals surface area contributed by atoms with Gasteiger partial charge >= 0.3 is 0 Å². The number of aliphatic hydroxyl groups excluding tert-OH is 1. The summed E-state index contributed by atoms with van der Waals surface area (Å²) >= 11 is 0. The number of carbonyl (C=O) groups excluding carboxylic acids is 1. The van der Waals surface area contributed by atoms with Gasteiger partial charge in [0, 0.05) is 31.4 Å². The first-order valence-electron chi connectivity index (χ1n) is 12.4. The first-order chi connectivity index (χ1) is 17.7. The quantitative estimate of drug-likeness (QED) is 0.340. The van der Waals surface area contributed by atoms with Crippen molar-refractivity contribution in [3.8, 4) is 22.4 Å². The number of rotatable bonds is 8. The molecule has 1 aliphatic heterocycles. The maximum atomic E-state index is 13.0. The number of aryl methyl sites for hydroxylation is 1. The number of hydroxylamine groups is 1. The molecule has 2 aromatic carbocycles. The van der Waals surface area contributed by atoms with Gasteiger partial charge < -0.3 is 9.84 Å². The zero-order valence-electron chi connectivity index (χ0n) is 20.0. The molecule has 5 rings (SSSR count). The Morgan fingerprint density at radius 2 is 1.78 bits per heavy atom. The lowest BCUT2D eigenvalue weighted by Crippen LogP contribution is -2.33. The van der Waals surface area contributed by atoms with Gasteiger partial charge in [0.15, 0.2) is 6.29 Å². The van der Waals surface area contributed by atoms with E-state index in [0.29, 0.717) is 28.9 Å². The molecule has 1 aliphatic rings. The lowest BCUT2D eigenvalue weighted by Gasteiger charge is -2.22. The highest BCUT2D eigenvalue weighted by molar-refractivity contribution is 6.05. The van der Waals surface area contributed by atoms with Crippen molar-refractivity contribution in [2.75, 3.05) is 13.2 Å². The van der Waals surface area contributed by atoms with E-state index in [-0.39, 0.29) is 12.5 Å². The molecule has 0 saturated carbocycles. The Balaban J connectivity index is 1.38. The van der Waals surface area contributed by atoms with Crippen molar-refractivity contribution in [3.63, 3.8) is 0 Å². The van der Waals surface area contributed by atoms with Crippen molar-refractivity contribution < 1.29 is 19.5 Å². The maximum absolute atomic E-state index is 13.0. The van der Waals surface area contributed by atoms with Gasteiger partial charge in [-0.15, -0.1) is 0 Å². The number of fused-ring (bicyclic) bond motifs is 1. The van der Waals surface area contributed by atoms with E-state index in [1.54, 1.807) is 18.3 Å². The van der Waals surface area contributed by atoms with Gasteiger partial charge in [-0.2, -0.15) is 0 Å². The summed E-state index contributed by atoms with van der Waals surface area (Å²) < 4.78 is 5.54. The zero-order chi connectivity index (χ0) is 24.7. The third kappa shape index (κ3) is 5.60. The van der Waals surface area contributed by atoms with E-state index < -0.39 is 6.29 Å². The molecule has 0 spiro atoms. The van der Waals surface area contributed by atoms with Crippen LogP contribution in [0.4, 0.5) is 0 Å². The molecule has 184 valence electrons. The molecule has 0 radical (unpaired) electrons. The second-order valence-electron chi connectivity index (χ2n) is 8.87. The van der Waals surface area contributed by atoms with Crippen LogP contribution in [0.2, 0.25) is 0 Å². The van der Waals surface area contributed by atoms with E-state index in [9.17, 15) is 4.79 Å². The molecule has 4 aromatic rings. The van der Waals surface area contributed by atoms with Crippen LogP contribution in [0.1, 0.15) is 41.6 Å². The van der Waals surface area contributed by atoms with E-state index >= 15 is 0 Å². The topological polar surface area (TPSA) is 93.6 Å². The highest BCUT2D eigenvalue weighted by atomic mass is 16.8. The maximum Gasteiger partial charge on any atom is 0.277 e. The zero-order valence-corrected chi connectivity index (χ0v) is 20.0. The standard InChI is InChI=1S/C29H29N3O4/c33-17-4-5-20-8-10-21(11-9-20)22-12-14-23(15-13-22)26-19-24(28-25(31-26)6-3-16-30-28)29(34)32-36-27-7-1-2-18-35-27/h3,6,8-16,19,27,33H,1-2,4-5,7,17-18H2,(H,32,34). The fraction of sp³-hybridized carbons (Fsp3) is 0.276. The van der Waals surface area contributed by atoms with Crippen molar-refractivity contribution in [3.05, 3.63) is 84.1 Å². The number of benzene rings is 2. The number of nitrogens with one attached hydrogen (secondary N) is 1. The van der Waals surface area contributed by atoms with E-state index in [1.807, 2.05) is 18.2 Å². The lowest BCUT2D eigenvalue weighted by atomic mass is 9.99. The Kier molecular flexibility index (Phi) is 7.61. The highest BCUT2D eigenvalue weighted by Crippen LogP contribution is 2.27. The predicted molar refractivity (Wildman–Crippen MR) is 138 cm³/mol. The molecular weight excluding hydrogens is 454 g/mol. The molecule has 1 saturated heterocycles. The van der Waals surface area contributed by atoms with Crippen LogP contribution < -0.4 is 5.48 Å². The van der Waals surface area contributed by atoms with Gasteiger partial charge in [0.2, 0.25) is 0 Å². The Bertz CT molecular complexity index is 1320. The fourth-order valence-corrected chi connectivity index (χ4v) is 4.34.